The molecule has 0 aliphatic rings. The number of amides is 3. The third-order valence-corrected chi connectivity index (χ3v) is 4.76. The van der Waals surface area contributed by atoms with Crippen LogP contribution in [-0.2, 0) is 23.9 Å². The summed E-state index contributed by atoms with van der Waals surface area (Å²) < 4.78 is 10.6. The first kappa shape index (κ1) is 30.7. The van der Waals surface area contributed by atoms with Crippen LogP contribution in [0.4, 0.5) is 4.79 Å². The van der Waals surface area contributed by atoms with E-state index in [1.54, 1.807) is 55.4 Å². The van der Waals surface area contributed by atoms with E-state index in [1.165, 1.54) is 0 Å². The summed E-state index contributed by atoms with van der Waals surface area (Å²) in [5.41, 5.74) is -1.28. The molecular weight excluding hydrogens is 426 g/mol. The fourth-order valence-electron chi connectivity index (χ4n) is 2.61. The molecule has 0 bridgehead atoms. The minimum absolute atomic E-state index is 0.143. The number of alkyl carbamates (subject to hydrolysis) is 1. The van der Waals surface area contributed by atoms with Crippen LogP contribution in [0.1, 0.15) is 88.5 Å². The van der Waals surface area contributed by atoms with E-state index in [-0.39, 0.29) is 17.7 Å². The zero-order chi connectivity index (χ0) is 26.0. The molecule has 9 nitrogen and oxygen atoms in total. The Morgan fingerprint density at radius 3 is 1.79 bits per heavy atom. The lowest BCUT2D eigenvalue weighted by Crippen LogP contribution is -2.52. The molecule has 0 aliphatic carbocycles. The molecule has 192 valence electrons. The summed E-state index contributed by atoms with van der Waals surface area (Å²) in [4.78, 5) is 49.3. The Kier molecular flexibility index (Phi) is 12.5. The van der Waals surface area contributed by atoms with E-state index in [0.717, 1.165) is 0 Å². The number of carbonyl (C=O) groups excluding carboxylic acids is 4. The maximum Gasteiger partial charge on any atom is 0.407 e. The van der Waals surface area contributed by atoms with E-state index < -0.39 is 41.3 Å². The van der Waals surface area contributed by atoms with Crippen LogP contribution in [-0.4, -0.2) is 53.7 Å². The largest absolute Gasteiger partial charge is 0.458 e. The van der Waals surface area contributed by atoms with Crippen LogP contribution in [0.3, 0.4) is 0 Å². The number of carbonyl (C=O) groups is 4. The molecule has 0 heterocycles. The number of unbranched alkanes of at least 4 members (excludes halogenated alkanes) is 1. The number of ether oxygens (including phenoxy) is 2. The van der Waals surface area contributed by atoms with Crippen molar-refractivity contribution in [3.8, 4) is 0 Å². The van der Waals surface area contributed by atoms with Gasteiger partial charge in [0.25, 0.3) is 0 Å². The average molecular weight is 472 g/mol. The Hall–Kier alpha value is -2.32. The summed E-state index contributed by atoms with van der Waals surface area (Å²) >= 11 is 0. The maximum absolute atomic E-state index is 12.7. The van der Waals surface area contributed by atoms with Crippen LogP contribution in [0.15, 0.2) is 0 Å². The molecule has 3 atom stereocenters. The first-order chi connectivity index (χ1) is 14.9. The molecule has 0 rings (SSSR count). The van der Waals surface area contributed by atoms with Crippen molar-refractivity contribution < 1.29 is 28.7 Å². The predicted molar refractivity (Wildman–Crippen MR) is 127 cm³/mol. The number of nitrogens with one attached hydrogen (secondary N) is 3. The van der Waals surface area contributed by atoms with Gasteiger partial charge >= 0.3 is 12.1 Å². The third-order valence-electron chi connectivity index (χ3n) is 4.76. The van der Waals surface area contributed by atoms with E-state index in [4.69, 9.17) is 9.47 Å². The Morgan fingerprint density at radius 2 is 1.30 bits per heavy atom. The molecule has 9 heteroatoms. The average Bonchev–Trinajstić information content (AvgIpc) is 2.62. The summed E-state index contributed by atoms with van der Waals surface area (Å²) in [5.74, 6) is -1.30. The number of rotatable bonds is 11. The fourth-order valence-corrected chi connectivity index (χ4v) is 2.61. The highest BCUT2D eigenvalue weighted by Crippen LogP contribution is 2.13. The molecule has 0 aromatic carbocycles. The molecule has 0 saturated carbocycles. The molecule has 0 aliphatic heterocycles. The summed E-state index contributed by atoms with van der Waals surface area (Å²) in [7, 11) is 0. The second kappa shape index (κ2) is 13.4. The second-order valence-corrected chi connectivity index (χ2v) is 10.8. The van der Waals surface area contributed by atoms with Gasteiger partial charge in [0.2, 0.25) is 11.8 Å². The molecule has 0 aromatic heterocycles. The molecule has 3 N–H and O–H groups in total. The topological polar surface area (TPSA) is 123 Å². The van der Waals surface area contributed by atoms with Gasteiger partial charge < -0.3 is 25.4 Å². The molecular formula is C24H45N3O6. The van der Waals surface area contributed by atoms with E-state index in [9.17, 15) is 19.2 Å². The van der Waals surface area contributed by atoms with Crippen molar-refractivity contribution in [1.82, 2.24) is 16.0 Å². The van der Waals surface area contributed by atoms with E-state index >= 15 is 0 Å². The van der Waals surface area contributed by atoms with Crippen LogP contribution in [0.5, 0.6) is 0 Å². The Labute approximate surface area is 199 Å². The summed E-state index contributed by atoms with van der Waals surface area (Å²) in [5, 5.41) is 8.07. The molecule has 0 fully saturated rings. The highest BCUT2D eigenvalue weighted by molar-refractivity contribution is 5.91. The van der Waals surface area contributed by atoms with Gasteiger partial charge in [-0.05, 0) is 73.6 Å². The Bertz CT molecular complexity index is 664. The minimum atomic E-state index is -0.861. The van der Waals surface area contributed by atoms with E-state index in [2.05, 4.69) is 16.0 Å². The van der Waals surface area contributed by atoms with Crippen molar-refractivity contribution in [2.45, 2.75) is 112 Å². The Balaban J connectivity index is 4.87. The van der Waals surface area contributed by atoms with E-state index in [0.29, 0.717) is 25.8 Å². The molecule has 0 saturated heterocycles. The number of hydrogen-bond donors (Lipinski definition) is 3. The zero-order valence-electron chi connectivity index (χ0n) is 22.1. The van der Waals surface area contributed by atoms with Gasteiger partial charge in [-0.25, -0.2) is 9.59 Å². The summed E-state index contributed by atoms with van der Waals surface area (Å²) in [6, 6.07) is -1.66. The van der Waals surface area contributed by atoms with Crippen molar-refractivity contribution in [3.05, 3.63) is 0 Å². The maximum atomic E-state index is 12.7. The van der Waals surface area contributed by atoms with Gasteiger partial charge in [-0.15, -0.1) is 0 Å². The van der Waals surface area contributed by atoms with Crippen LogP contribution < -0.4 is 16.0 Å². The number of esters is 1. The van der Waals surface area contributed by atoms with Gasteiger partial charge in [0.05, 0.1) is 0 Å². The molecule has 0 spiro atoms. The minimum Gasteiger partial charge on any atom is -0.458 e. The summed E-state index contributed by atoms with van der Waals surface area (Å²) in [6.45, 7) is 18.3. The van der Waals surface area contributed by atoms with Gasteiger partial charge in [0.1, 0.15) is 23.3 Å². The second-order valence-electron chi connectivity index (χ2n) is 10.8. The third kappa shape index (κ3) is 14.4. The van der Waals surface area contributed by atoms with Crippen molar-refractivity contribution in [2.24, 2.45) is 11.8 Å². The van der Waals surface area contributed by atoms with Gasteiger partial charge in [-0.1, -0.05) is 20.8 Å². The zero-order valence-corrected chi connectivity index (χ0v) is 22.1. The highest BCUT2D eigenvalue weighted by Gasteiger charge is 2.29. The molecule has 3 amide bonds. The molecule has 0 radical (unpaired) electrons. The predicted octanol–water partition coefficient (Wildman–Crippen LogP) is 3.30. The standard InChI is InChI=1S/C24H45N3O6/c1-15(2)16(3)19(28)26-17(4)20(29)27-18(21(30)32-23(5,6)7)13-11-12-14-25-22(31)33-24(8,9)10/h15-18H,11-14H2,1-10H3,(H,25,31)(H,26,28)(H,27,29)/t16-,17-,18-/m0/s1. The van der Waals surface area contributed by atoms with Gasteiger partial charge in [0.15, 0.2) is 0 Å². The van der Waals surface area contributed by atoms with Gasteiger partial charge in [0, 0.05) is 12.5 Å². The van der Waals surface area contributed by atoms with Crippen LogP contribution in [0, 0.1) is 11.8 Å². The number of hydrogen-bond acceptors (Lipinski definition) is 6. The van der Waals surface area contributed by atoms with Gasteiger partial charge in [-0.3, -0.25) is 9.59 Å². The molecule has 0 unspecified atom stereocenters. The fraction of sp³-hybridized carbons (Fsp3) is 0.833. The van der Waals surface area contributed by atoms with Crippen molar-refractivity contribution in [1.29, 1.82) is 0 Å². The van der Waals surface area contributed by atoms with Crippen molar-refractivity contribution in [3.63, 3.8) is 0 Å². The highest BCUT2D eigenvalue weighted by atomic mass is 16.6. The SMILES string of the molecule is CC(C)[C@H](C)C(=O)N[C@@H](C)C(=O)N[C@@H](CCCCNC(=O)OC(C)(C)C)C(=O)OC(C)(C)C. The first-order valence-electron chi connectivity index (χ1n) is 11.7. The lowest BCUT2D eigenvalue weighted by molar-refractivity contribution is -0.159. The quantitative estimate of drug-likeness (QED) is 0.314. The van der Waals surface area contributed by atoms with Crippen LogP contribution in [0.25, 0.3) is 0 Å². The van der Waals surface area contributed by atoms with E-state index in [1.807, 2.05) is 13.8 Å². The van der Waals surface area contributed by atoms with Crippen LogP contribution in [0.2, 0.25) is 0 Å². The van der Waals surface area contributed by atoms with Crippen molar-refractivity contribution in [2.75, 3.05) is 6.54 Å². The lowest BCUT2D eigenvalue weighted by Gasteiger charge is -2.26. The van der Waals surface area contributed by atoms with Gasteiger partial charge in [-0.2, -0.15) is 0 Å². The van der Waals surface area contributed by atoms with Crippen LogP contribution >= 0.6 is 0 Å². The first-order valence-corrected chi connectivity index (χ1v) is 11.7. The molecule has 0 aromatic rings. The lowest BCUT2D eigenvalue weighted by atomic mass is 9.97. The Morgan fingerprint density at radius 1 is 0.758 bits per heavy atom. The van der Waals surface area contributed by atoms with Crippen molar-refractivity contribution >= 4 is 23.9 Å². The molecule has 33 heavy (non-hydrogen) atoms. The monoisotopic (exact) mass is 471 g/mol. The summed E-state index contributed by atoms with van der Waals surface area (Å²) in [6.07, 6.45) is 0.983. The normalized spacial score (nSPS) is 14.6. The smallest absolute Gasteiger partial charge is 0.407 e.